The van der Waals surface area contributed by atoms with Crippen molar-refractivity contribution in [3.63, 3.8) is 0 Å². The highest BCUT2D eigenvalue weighted by molar-refractivity contribution is 5.84. The molecule has 4 aliphatic rings. The Morgan fingerprint density at radius 1 is 1.41 bits per heavy atom. The van der Waals surface area contributed by atoms with Crippen LogP contribution in [0.5, 0.6) is 0 Å². The fourth-order valence-corrected chi connectivity index (χ4v) is 4.02. The molecule has 0 bridgehead atoms. The highest BCUT2D eigenvalue weighted by Gasteiger charge is 2.61. The first-order valence-electron chi connectivity index (χ1n) is 6.68. The second-order valence-corrected chi connectivity index (χ2v) is 6.20. The van der Waals surface area contributed by atoms with Gasteiger partial charge in [-0.3, -0.25) is 4.79 Å². The molecule has 17 heavy (non-hydrogen) atoms. The summed E-state index contributed by atoms with van der Waals surface area (Å²) in [5.74, 6) is 2.14. The van der Waals surface area contributed by atoms with E-state index in [-0.39, 0.29) is 18.0 Å². The van der Waals surface area contributed by atoms with Crippen LogP contribution in [0.4, 0.5) is 0 Å². The number of nitrogens with zero attached hydrogens (tertiary/aromatic N) is 2. The summed E-state index contributed by atoms with van der Waals surface area (Å²) in [6.07, 6.45) is 3.13. The van der Waals surface area contributed by atoms with Gasteiger partial charge in [-0.2, -0.15) is 5.26 Å². The zero-order chi connectivity index (χ0) is 11.7. The van der Waals surface area contributed by atoms with E-state index < -0.39 is 0 Å². The van der Waals surface area contributed by atoms with Crippen LogP contribution in [0.3, 0.4) is 0 Å². The summed E-state index contributed by atoms with van der Waals surface area (Å²) in [6.45, 7) is 2.20. The van der Waals surface area contributed by atoms with E-state index in [0.29, 0.717) is 23.9 Å². The molecular formula is C13H17N3O. The molecular weight excluding hydrogens is 214 g/mol. The van der Waals surface area contributed by atoms with Crippen LogP contribution < -0.4 is 5.32 Å². The lowest BCUT2D eigenvalue weighted by molar-refractivity contribution is -0.134. The van der Waals surface area contributed by atoms with E-state index in [1.54, 1.807) is 0 Å². The van der Waals surface area contributed by atoms with Crippen molar-refractivity contribution in [2.75, 3.05) is 0 Å². The molecule has 4 rings (SSSR count). The van der Waals surface area contributed by atoms with Crippen LogP contribution in [0.1, 0.15) is 26.2 Å². The monoisotopic (exact) mass is 231 g/mol. The first kappa shape index (κ1) is 9.90. The van der Waals surface area contributed by atoms with Crippen LogP contribution in [0.15, 0.2) is 0 Å². The molecule has 1 unspecified atom stereocenters. The van der Waals surface area contributed by atoms with Crippen molar-refractivity contribution in [1.29, 1.82) is 5.26 Å². The van der Waals surface area contributed by atoms with Crippen molar-refractivity contribution in [3.8, 4) is 6.07 Å². The molecule has 2 saturated heterocycles. The predicted molar refractivity (Wildman–Crippen MR) is 60.7 cm³/mol. The normalized spacial score (nSPS) is 53.9. The molecule has 1 N–H and O–H groups in total. The van der Waals surface area contributed by atoms with Crippen LogP contribution in [-0.4, -0.2) is 35.0 Å². The number of rotatable bonds is 1. The first-order chi connectivity index (χ1) is 8.20. The standard InChI is InChI=1S/C13H17N3O/c1-6-9-4-8(5-14)16(12(6)9)13(17)11-3-7-2-10(7)15-11/h6-12,15H,2-4H2,1H3/t6-,7-,8?,9+,10-,11-,12-/m0/s1. The minimum absolute atomic E-state index is 0.00106. The molecule has 2 heterocycles. The first-order valence-corrected chi connectivity index (χ1v) is 6.68. The number of carbonyl (C=O) groups is 1. The maximum Gasteiger partial charge on any atom is 0.241 e. The van der Waals surface area contributed by atoms with Crippen LogP contribution in [0, 0.1) is 29.1 Å². The number of nitrogens with one attached hydrogen (secondary N) is 1. The molecule has 1 amide bonds. The predicted octanol–water partition coefficient (Wildman–Crippen LogP) is 0.496. The van der Waals surface area contributed by atoms with Crippen LogP contribution in [0.25, 0.3) is 0 Å². The molecule has 0 aromatic heterocycles. The minimum atomic E-state index is -0.160. The Bertz CT molecular complexity index is 419. The minimum Gasteiger partial charge on any atom is -0.322 e. The van der Waals surface area contributed by atoms with Crippen molar-refractivity contribution in [2.45, 2.75) is 50.4 Å². The third kappa shape index (κ3) is 1.23. The van der Waals surface area contributed by atoms with Gasteiger partial charge in [0, 0.05) is 12.1 Å². The van der Waals surface area contributed by atoms with Gasteiger partial charge in [-0.05, 0) is 37.0 Å². The van der Waals surface area contributed by atoms with Crippen LogP contribution >= 0.6 is 0 Å². The zero-order valence-electron chi connectivity index (χ0n) is 9.97. The summed E-state index contributed by atoms with van der Waals surface area (Å²) in [7, 11) is 0. The molecule has 0 spiro atoms. The number of nitriles is 1. The number of hydrogen-bond donors (Lipinski definition) is 1. The maximum atomic E-state index is 12.5. The molecule has 0 radical (unpaired) electrons. The third-order valence-corrected chi connectivity index (χ3v) is 5.24. The second-order valence-electron chi connectivity index (χ2n) is 6.20. The van der Waals surface area contributed by atoms with E-state index in [9.17, 15) is 4.79 Å². The SMILES string of the molecule is C[C@H]1[C@H]2CC(C#N)N(C(=O)[C@@H]3C[C@@H]4C[C@@H]4N3)[C@@H]12. The Labute approximate surface area is 101 Å². The van der Waals surface area contributed by atoms with Gasteiger partial charge in [-0.15, -0.1) is 0 Å². The molecule has 4 fully saturated rings. The van der Waals surface area contributed by atoms with Crippen molar-refractivity contribution in [2.24, 2.45) is 17.8 Å². The number of amides is 1. The average Bonchev–Trinajstić information content (AvgIpc) is 3.08. The Morgan fingerprint density at radius 3 is 2.88 bits per heavy atom. The van der Waals surface area contributed by atoms with Crippen molar-refractivity contribution in [1.82, 2.24) is 10.2 Å². The average molecular weight is 231 g/mol. The van der Waals surface area contributed by atoms with Gasteiger partial charge in [-0.1, -0.05) is 6.92 Å². The number of carbonyl (C=O) groups excluding carboxylic acids is 1. The van der Waals surface area contributed by atoms with E-state index >= 15 is 0 Å². The summed E-state index contributed by atoms with van der Waals surface area (Å²) in [6, 6.07) is 3.10. The highest BCUT2D eigenvalue weighted by atomic mass is 16.2. The fraction of sp³-hybridized carbons (Fsp3) is 0.846. The summed E-state index contributed by atoms with van der Waals surface area (Å²) in [5, 5.41) is 12.6. The van der Waals surface area contributed by atoms with Crippen LogP contribution in [-0.2, 0) is 4.79 Å². The molecule has 2 aliphatic heterocycles. The van der Waals surface area contributed by atoms with Crippen LogP contribution in [0.2, 0.25) is 0 Å². The van der Waals surface area contributed by atoms with Crippen molar-refractivity contribution in [3.05, 3.63) is 0 Å². The molecule has 0 aromatic carbocycles. The smallest absolute Gasteiger partial charge is 0.241 e. The molecule has 4 heteroatoms. The Hall–Kier alpha value is -1.08. The molecule has 0 aromatic rings. The summed E-state index contributed by atoms with van der Waals surface area (Å²) < 4.78 is 0. The second kappa shape index (κ2) is 3.02. The zero-order valence-corrected chi connectivity index (χ0v) is 9.97. The largest absolute Gasteiger partial charge is 0.322 e. The Balaban J connectivity index is 1.53. The van der Waals surface area contributed by atoms with Crippen molar-refractivity contribution >= 4 is 5.91 Å². The van der Waals surface area contributed by atoms with Gasteiger partial charge < -0.3 is 10.2 Å². The highest BCUT2D eigenvalue weighted by Crippen LogP contribution is 2.53. The van der Waals surface area contributed by atoms with E-state index in [1.807, 2.05) is 4.90 Å². The van der Waals surface area contributed by atoms with E-state index in [1.165, 1.54) is 6.42 Å². The Kier molecular flexibility index (Phi) is 1.76. The molecule has 2 aliphatic carbocycles. The van der Waals surface area contributed by atoms with Gasteiger partial charge in [0.2, 0.25) is 5.91 Å². The number of fused-ring (bicyclic) bond motifs is 2. The summed E-state index contributed by atoms with van der Waals surface area (Å²) >= 11 is 0. The van der Waals surface area contributed by atoms with Gasteiger partial charge in [0.1, 0.15) is 6.04 Å². The van der Waals surface area contributed by atoms with Gasteiger partial charge >= 0.3 is 0 Å². The number of likely N-dealkylation sites (tertiary alicyclic amines) is 1. The third-order valence-electron chi connectivity index (χ3n) is 5.24. The fourth-order valence-electron chi connectivity index (χ4n) is 4.02. The lowest BCUT2D eigenvalue weighted by atomic mass is 10.1. The van der Waals surface area contributed by atoms with Gasteiger partial charge in [0.25, 0.3) is 0 Å². The number of hydrogen-bond acceptors (Lipinski definition) is 3. The molecule has 2 saturated carbocycles. The van der Waals surface area contributed by atoms with Gasteiger partial charge in [0.05, 0.1) is 12.1 Å². The lowest BCUT2D eigenvalue weighted by Gasteiger charge is -2.27. The topological polar surface area (TPSA) is 56.1 Å². The Morgan fingerprint density at radius 2 is 2.24 bits per heavy atom. The summed E-state index contributed by atoms with van der Waals surface area (Å²) in [4.78, 5) is 14.4. The van der Waals surface area contributed by atoms with E-state index in [0.717, 1.165) is 18.8 Å². The van der Waals surface area contributed by atoms with Gasteiger partial charge in [-0.25, -0.2) is 0 Å². The maximum absolute atomic E-state index is 12.5. The van der Waals surface area contributed by atoms with E-state index in [4.69, 9.17) is 5.26 Å². The summed E-state index contributed by atoms with van der Waals surface area (Å²) in [5.41, 5.74) is 0. The quantitative estimate of drug-likeness (QED) is 0.715. The molecule has 4 nitrogen and oxygen atoms in total. The number of piperidine rings is 2. The molecule has 90 valence electrons. The van der Waals surface area contributed by atoms with Crippen molar-refractivity contribution < 1.29 is 4.79 Å². The molecule has 7 atom stereocenters. The van der Waals surface area contributed by atoms with E-state index in [2.05, 4.69) is 18.3 Å². The lowest BCUT2D eigenvalue weighted by Crippen LogP contribution is -2.48. The van der Waals surface area contributed by atoms with Gasteiger partial charge in [0.15, 0.2) is 0 Å².